The standard InChI is InChI=1S/C16H16ClN3S/c1-10-11(2)21-15-13(10)14(18-16(17)19-15)20(3)9-12-7-5-4-6-8-12/h4-8H,9H2,1-3H3. The first-order chi connectivity index (χ1) is 10.1. The molecule has 3 aromatic rings. The molecule has 0 saturated heterocycles. The summed E-state index contributed by atoms with van der Waals surface area (Å²) < 4.78 is 0. The Balaban J connectivity index is 2.06. The van der Waals surface area contributed by atoms with Gasteiger partial charge in [0, 0.05) is 18.5 Å². The van der Waals surface area contributed by atoms with E-state index in [1.165, 1.54) is 16.0 Å². The van der Waals surface area contributed by atoms with Crippen molar-refractivity contribution in [1.29, 1.82) is 0 Å². The van der Waals surface area contributed by atoms with Gasteiger partial charge >= 0.3 is 0 Å². The third kappa shape index (κ3) is 2.74. The van der Waals surface area contributed by atoms with E-state index in [1.807, 2.05) is 25.2 Å². The summed E-state index contributed by atoms with van der Waals surface area (Å²) in [7, 11) is 2.04. The average Bonchev–Trinajstić information content (AvgIpc) is 2.74. The molecule has 0 aliphatic rings. The lowest BCUT2D eigenvalue weighted by Crippen LogP contribution is -2.18. The zero-order valence-corrected chi connectivity index (χ0v) is 13.8. The molecule has 0 N–H and O–H groups in total. The number of hydrogen-bond donors (Lipinski definition) is 0. The molecule has 0 bridgehead atoms. The zero-order valence-electron chi connectivity index (χ0n) is 12.2. The molecule has 0 radical (unpaired) electrons. The highest BCUT2D eigenvalue weighted by Gasteiger charge is 2.16. The largest absolute Gasteiger partial charge is 0.355 e. The van der Waals surface area contributed by atoms with Gasteiger partial charge in [0.1, 0.15) is 10.6 Å². The fraction of sp³-hybridized carbons (Fsp3) is 0.250. The van der Waals surface area contributed by atoms with Crippen molar-refractivity contribution in [3.05, 3.63) is 51.6 Å². The molecule has 2 heterocycles. The molecule has 21 heavy (non-hydrogen) atoms. The Morgan fingerprint density at radius 3 is 2.57 bits per heavy atom. The van der Waals surface area contributed by atoms with Crippen LogP contribution in [0.15, 0.2) is 30.3 Å². The van der Waals surface area contributed by atoms with E-state index in [4.69, 9.17) is 11.6 Å². The number of aromatic nitrogens is 2. The van der Waals surface area contributed by atoms with Gasteiger partial charge in [-0.3, -0.25) is 0 Å². The molecule has 0 saturated carbocycles. The molecule has 0 spiro atoms. The van der Waals surface area contributed by atoms with Gasteiger partial charge in [0.25, 0.3) is 0 Å². The van der Waals surface area contributed by atoms with Crippen LogP contribution in [0.2, 0.25) is 5.28 Å². The van der Waals surface area contributed by atoms with Crippen molar-refractivity contribution in [3.63, 3.8) is 0 Å². The van der Waals surface area contributed by atoms with Gasteiger partial charge in [-0.1, -0.05) is 30.3 Å². The summed E-state index contributed by atoms with van der Waals surface area (Å²) in [4.78, 5) is 13.2. The van der Waals surface area contributed by atoms with Gasteiger partial charge in [-0.15, -0.1) is 11.3 Å². The van der Waals surface area contributed by atoms with Gasteiger partial charge in [0.2, 0.25) is 5.28 Å². The van der Waals surface area contributed by atoms with Crippen LogP contribution in [-0.2, 0) is 6.54 Å². The van der Waals surface area contributed by atoms with Crippen LogP contribution in [0.3, 0.4) is 0 Å². The summed E-state index contributed by atoms with van der Waals surface area (Å²) in [6.07, 6.45) is 0. The maximum atomic E-state index is 6.09. The molecular weight excluding hydrogens is 302 g/mol. The molecule has 0 unspecified atom stereocenters. The second-order valence-corrected chi connectivity index (χ2v) is 6.66. The Bertz CT molecular complexity index is 783. The van der Waals surface area contributed by atoms with Crippen molar-refractivity contribution in [3.8, 4) is 0 Å². The van der Waals surface area contributed by atoms with Gasteiger partial charge in [-0.05, 0) is 36.6 Å². The second-order valence-electron chi connectivity index (χ2n) is 5.12. The molecular formula is C16H16ClN3S. The molecule has 3 rings (SSSR count). The molecule has 1 aromatic carbocycles. The summed E-state index contributed by atoms with van der Waals surface area (Å²) in [5, 5.41) is 1.42. The lowest BCUT2D eigenvalue weighted by Gasteiger charge is -2.19. The number of rotatable bonds is 3. The van der Waals surface area contributed by atoms with Crippen LogP contribution in [0, 0.1) is 13.8 Å². The molecule has 0 atom stereocenters. The molecule has 3 nitrogen and oxygen atoms in total. The monoisotopic (exact) mass is 317 g/mol. The molecule has 0 amide bonds. The number of hydrogen-bond acceptors (Lipinski definition) is 4. The number of thiophene rings is 1. The summed E-state index contributed by atoms with van der Waals surface area (Å²) in [6.45, 7) is 5.01. The van der Waals surface area contributed by atoms with Gasteiger partial charge in [-0.2, -0.15) is 4.98 Å². The highest BCUT2D eigenvalue weighted by atomic mass is 35.5. The van der Waals surface area contributed by atoms with Crippen molar-refractivity contribution in [1.82, 2.24) is 9.97 Å². The third-order valence-electron chi connectivity index (χ3n) is 3.61. The summed E-state index contributed by atoms with van der Waals surface area (Å²) in [6, 6.07) is 10.3. The summed E-state index contributed by atoms with van der Waals surface area (Å²) in [5.74, 6) is 0.899. The van der Waals surface area contributed by atoms with E-state index in [1.54, 1.807) is 11.3 Å². The maximum absolute atomic E-state index is 6.09. The minimum atomic E-state index is 0.304. The van der Waals surface area contributed by atoms with Gasteiger partial charge in [0.05, 0.1) is 5.39 Å². The van der Waals surface area contributed by atoms with Crippen molar-refractivity contribution >= 4 is 39.0 Å². The molecule has 0 fully saturated rings. The van der Waals surface area contributed by atoms with E-state index in [0.29, 0.717) is 5.28 Å². The van der Waals surface area contributed by atoms with Crippen LogP contribution < -0.4 is 4.90 Å². The van der Waals surface area contributed by atoms with Gasteiger partial charge in [0.15, 0.2) is 0 Å². The quantitative estimate of drug-likeness (QED) is 0.661. The number of benzene rings is 1. The highest BCUT2D eigenvalue weighted by molar-refractivity contribution is 7.18. The van der Waals surface area contributed by atoms with Crippen LogP contribution in [0.5, 0.6) is 0 Å². The van der Waals surface area contributed by atoms with Crippen LogP contribution in [0.1, 0.15) is 16.0 Å². The summed E-state index contributed by atoms with van der Waals surface area (Å²) >= 11 is 7.76. The van der Waals surface area contributed by atoms with Gasteiger partial charge in [-0.25, -0.2) is 4.98 Å². The molecule has 0 aliphatic heterocycles. The normalized spacial score (nSPS) is 11.0. The van der Waals surface area contributed by atoms with E-state index in [9.17, 15) is 0 Å². The number of halogens is 1. The fourth-order valence-corrected chi connectivity index (χ4v) is 3.65. The smallest absolute Gasteiger partial charge is 0.225 e. The van der Waals surface area contributed by atoms with E-state index >= 15 is 0 Å². The van der Waals surface area contributed by atoms with Crippen molar-refractivity contribution in [2.24, 2.45) is 0 Å². The number of nitrogens with zero attached hydrogens (tertiary/aromatic N) is 3. The lowest BCUT2D eigenvalue weighted by molar-refractivity contribution is 0.900. The zero-order chi connectivity index (χ0) is 15.0. The van der Waals surface area contributed by atoms with Gasteiger partial charge < -0.3 is 4.90 Å². The van der Waals surface area contributed by atoms with Crippen molar-refractivity contribution in [2.75, 3.05) is 11.9 Å². The average molecular weight is 318 g/mol. The van der Waals surface area contributed by atoms with Crippen molar-refractivity contribution < 1.29 is 0 Å². The van der Waals surface area contributed by atoms with Crippen LogP contribution in [-0.4, -0.2) is 17.0 Å². The van der Waals surface area contributed by atoms with E-state index in [2.05, 4.69) is 40.8 Å². The predicted octanol–water partition coefficient (Wildman–Crippen LogP) is 4.60. The SMILES string of the molecule is Cc1sc2nc(Cl)nc(N(C)Cc3ccccc3)c2c1C. The Kier molecular flexibility index (Phi) is 3.83. The number of aryl methyl sites for hydroxylation is 2. The molecule has 5 heteroatoms. The molecule has 0 aliphatic carbocycles. The minimum Gasteiger partial charge on any atom is -0.355 e. The topological polar surface area (TPSA) is 29.0 Å². The maximum Gasteiger partial charge on any atom is 0.225 e. The highest BCUT2D eigenvalue weighted by Crippen LogP contribution is 2.35. The fourth-order valence-electron chi connectivity index (χ4n) is 2.41. The first kappa shape index (κ1) is 14.3. The van der Waals surface area contributed by atoms with Crippen LogP contribution in [0.25, 0.3) is 10.2 Å². The van der Waals surface area contributed by atoms with E-state index in [0.717, 1.165) is 22.6 Å². The Labute approximate surface area is 133 Å². The van der Waals surface area contributed by atoms with Crippen molar-refractivity contribution in [2.45, 2.75) is 20.4 Å². The number of fused-ring (bicyclic) bond motifs is 1. The van der Waals surface area contributed by atoms with Crippen LogP contribution in [0.4, 0.5) is 5.82 Å². The van der Waals surface area contributed by atoms with E-state index in [-0.39, 0.29) is 0 Å². The van der Waals surface area contributed by atoms with E-state index < -0.39 is 0 Å². The van der Waals surface area contributed by atoms with Crippen LogP contribution >= 0.6 is 22.9 Å². The Hall–Kier alpha value is -1.65. The number of anilines is 1. The summed E-state index contributed by atoms with van der Waals surface area (Å²) in [5.41, 5.74) is 2.48. The first-order valence-electron chi connectivity index (χ1n) is 6.74. The lowest BCUT2D eigenvalue weighted by atomic mass is 10.2. The molecule has 2 aromatic heterocycles. The minimum absolute atomic E-state index is 0.304. The second kappa shape index (κ2) is 5.62. The Morgan fingerprint density at radius 1 is 1.14 bits per heavy atom. The third-order valence-corrected chi connectivity index (χ3v) is 4.88. The molecule has 108 valence electrons. The Morgan fingerprint density at radius 2 is 1.86 bits per heavy atom. The predicted molar refractivity (Wildman–Crippen MR) is 90.4 cm³/mol. The first-order valence-corrected chi connectivity index (χ1v) is 7.94.